The highest BCUT2D eigenvalue weighted by Crippen LogP contribution is 2.55. The van der Waals surface area contributed by atoms with Gasteiger partial charge in [0, 0.05) is 23.5 Å². The molecule has 2 aliphatic rings. The quantitative estimate of drug-likeness (QED) is 0.487. The first kappa shape index (κ1) is 24.1. The molecule has 0 unspecified atom stereocenters. The summed E-state index contributed by atoms with van der Waals surface area (Å²) in [6, 6.07) is 18.5. The van der Waals surface area contributed by atoms with Crippen LogP contribution in [-0.2, 0) is 22.4 Å². The third-order valence-corrected chi connectivity index (χ3v) is 7.71. The van der Waals surface area contributed by atoms with Gasteiger partial charge in [-0.25, -0.2) is 4.79 Å². The Morgan fingerprint density at radius 2 is 1.81 bits per heavy atom. The van der Waals surface area contributed by atoms with Crippen molar-refractivity contribution < 1.29 is 27.5 Å². The number of methoxy groups -OCH3 is 1. The number of amides is 3. The number of nitrogens with one attached hydrogen (secondary N) is 1. The molecule has 0 saturated carbocycles. The number of thioether (sulfide) groups is 1. The summed E-state index contributed by atoms with van der Waals surface area (Å²) in [6.45, 7) is 0.409. The fourth-order valence-corrected chi connectivity index (χ4v) is 6.02. The van der Waals surface area contributed by atoms with Crippen LogP contribution in [0.25, 0.3) is 0 Å². The van der Waals surface area contributed by atoms with E-state index in [-0.39, 0.29) is 12.5 Å². The molecular weight excluding hydrogens is 491 g/mol. The minimum atomic E-state index is -4.44. The molecule has 3 amide bonds. The molecular formula is C26H22F3N3O3S. The van der Waals surface area contributed by atoms with Crippen molar-refractivity contribution >= 4 is 35.1 Å². The first-order chi connectivity index (χ1) is 17.2. The van der Waals surface area contributed by atoms with E-state index < -0.39 is 22.6 Å². The summed E-state index contributed by atoms with van der Waals surface area (Å²) in [5.41, 5.74) is 1.60. The smallest absolute Gasteiger partial charge is 0.416 e. The van der Waals surface area contributed by atoms with Crippen molar-refractivity contribution in [2.24, 2.45) is 0 Å². The Hall–Kier alpha value is -3.66. The summed E-state index contributed by atoms with van der Waals surface area (Å²) in [5, 5.41) is 2.86. The molecule has 3 aromatic carbocycles. The number of fused-ring (bicyclic) bond motifs is 2. The lowest BCUT2D eigenvalue weighted by atomic mass is 10.1. The van der Waals surface area contributed by atoms with Gasteiger partial charge >= 0.3 is 12.2 Å². The molecule has 36 heavy (non-hydrogen) atoms. The number of halogens is 3. The second kappa shape index (κ2) is 9.09. The number of nitrogens with zero attached hydrogens (tertiary/aromatic N) is 2. The molecule has 0 radical (unpaired) electrons. The average Bonchev–Trinajstić information content (AvgIpc) is 3.41. The number of rotatable bonds is 4. The van der Waals surface area contributed by atoms with Crippen molar-refractivity contribution in [3.05, 3.63) is 89.5 Å². The van der Waals surface area contributed by atoms with Crippen LogP contribution in [0.1, 0.15) is 16.7 Å². The topological polar surface area (TPSA) is 61.9 Å². The van der Waals surface area contributed by atoms with Crippen LogP contribution >= 0.6 is 11.8 Å². The molecule has 1 fully saturated rings. The van der Waals surface area contributed by atoms with E-state index in [2.05, 4.69) is 5.32 Å². The molecule has 5 rings (SSSR count). The predicted octanol–water partition coefficient (Wildman–Crippen LogP) is 5.69. The molecule has 186 valence electrons. The van der Waals surface area contributed by atoms with Gasteiger partial charge in [0.25, 0.3) is 5.91 Å². The molecule has 2 aliphatic heterocycles. The molecule has 6 nitrogen and oxygen atoms in total. The molecule has 1 N–H and O–H groups in total. The van der Waals surface area contributed by atoms with E-state index in [4.69, 9.17) is 4.74 Å². The molecule has 0 aliphatic carbocycles. The first-order valence-corrected chi connectivity index (χ1v) is 12.2. The number of ether oxygens (including phenoxy) is 1. The average molecular weight is 514 g/mol. The molecule has 0 bridgehead atoms. The van der Waals surface area contributed by atoms with Gasteiger partial charge in [0.05, 0.1) is 24.9 Å². The Morgan fingerprint density at radius 1 is 1.08 bits per heavy atom. The van der Waals surface area contributed by atoms with Gasteiger partial charge in [-0.15, -0.1) is 11.8 Å². The maximum Gasteiger partial charge on any atom is 0.416 e. The highest BCUT2D eigenvalue weighted by atomic mass is 32.2. The van der Waals surface area contributed by atoms with Crippen LogP contribution in [0, 0.1) is 0 Å². The lowest BCUT2D eigenvalue weighted by Gasteiger charge is -2.33. The van der Waals surface area contributed by atoms with Crippen LogP contribution in [-0.4, -0.2) is 36.2 Å². The summed E-state index contributed by atoms with van der Waals surface area (Å²) in [5.74, 6) is 0.753. The van der Waals surface area contributed by atoms with Gasteiger partial charge in [-0.2, -0.15) is 13.2 Å². The monoisotopic (exact) mass is 513 g/mol. The van der Waals surface area contributed by atoms with Gasteiger partial charge in [0.2, 0.25) is 0 Å². The Labute approximate surface area is 210 Å². The Kier molecular flexibility index (Phi) is 6.07. The zero-order valence-corrected chi connectivity index (χ0v) is 20.0. The van der Waals surface area contributed by atoms with Crippen molar-refractivity contribution in [2.45, 2.75) is 17.6 Å². The van der Waals surface area contributed by atoms with Crippen LogP contribution in [0.4, 0.5) is 29.3 Å². The van der Waals surface area contributed by atoms with Crippen LogP contribution in [0.2, 0.25) is 0 Å². The largest absolute Gasteiger partial charge is 0.497 e. The zero-order valence-electron chi connectivity index (χ0n) is 19.2. The minimum Gasteiger partial charge on any atom is -0.497 e. The number of hydrogen-bond acceptors (Lipinski definition) is 4. The molecule has 1 atom stereocenters. The zero-order chi connectivity index (χ0) is 25.5. The highest BCUT2D eigenvalue weighted by molar-refractivity contribution is 8.01. The number of alkyl halides is 3. The van der Waals surface area contributed by atoms with E-state index in [1.165, 1.54) is 40.8 Å². The fraction of sp³-hybridized carbons (Fsp3) is 0.231. The number of anilines is 2. The van der Waals surface area contributed by atoms with Crippen LogP contribution in [0.15, 0.2) is 72.8 Å². The minimum absolute atomic E-state index is 0.0623. The first-order valence-electron chi connectivity index (χ1n) is 11.2. The van der Waals surface area contributed by atoms with Crippen molar-refractivity contribution in [1.29, 1.82) is 0 Å². The van der Waals surface area contributed by atoms with E-state index in [0.717, 1.165) is 12.1 Å². The van der Waals surface area contributed by atoms with Gasteiger partial charge in [0.15, 0.2) is 4.87 Å². The van der Waals surface area contributed by atoms with Gasteiger partial charge in [-0.3, -0.25) is 9.69 Å². The number of carbonyl (C=O) groups excluding carboxylic acids is 2. The lowest BCUT2D eigenvalue weighted by molar-refractivity contribution is -0.137. The van der Waals surface area contributed by atoms with E-state index >= 15 is 0 Å². The van der Waals surface area contributed by atoms with Crippen molar-refractivity contribution in [3.63, 3.8) is 0 Å². The Bertz CT molecular complexity index is 1300. The summed E-state index contributed by atoms with van der Waals surface area (Å²) in [7, 11) is 1.52. The maximum absolute atomic E-state index is 14.0. The number of benzene rings is 3. The molecule has 0 aromatic heterocycles. The maximum atomic E-state index is 14.0. The number of hydrogen-bond donors (Lipinski definition) is 1. The second-order valence-electron chi connectivity index (χ2n) is 8.41. The van der Waals surface area contributed by atoms with E-state index in [1.807, 2.05) is 6.07 Å². The summed E-state index contributed by atoms with van der Waals surface area (Å²) in [6.07, 6.45) is -4.44. The standard InChI is InChI=1S/C26H22F3N3O3S/c1-35-20-11-12-22-21(15-20)25(32(13-14-36-25)24(34)30-19-5-3-2-4-6-19)23(33)31(22)16-17-7-9-18(10-8-17)26(27,28)29/h2-12,15H,13-14,16H2,1H3,(H,30,34)/t25-/m0/s1. The van der Waals surface area contributed by atoms with Crippen LogP contribution in [0.5, 0.6) is 5.75 Å². The number of carbonyl (C=O) groups is 2. The van der Waals surface area contributed by atoms with Crippen molar-refractivity contribution in [2.75, 3.05) is 29.6 Å². The van der Waals surface area contributed by atoms with Crippen LogP contribution < -0.4 is 15.0 Å². The van der Waals surface area contributed by atoms with Crippen LogP contribution in [0.3, 0.4) is 0 Å². The molecule has 1 spiro atoms. The SMILES string of the molecule is COc1ccc2c(c1)[C@]1(SCCN1C(=O)Nc1ccccc1)C(=O)N2Cc1ccc(C(F)(F)F)cc1. The van der Waals surface area contributed by atoms with Gasteiger partial charge in [-0.1, -0.05) is 30.3 Å². The number of para-hydroxylation sites is 1. The van der Waals surface area contributed by atoms with Crippen molar-refractivity contribution in [3.8, 4) is 5.75 Å². The van der Waals surface area contributed by atoms with E-state index in [1.54, 1.807) is 42.5 Å². The van der Waals surface area contributed by atoms with Gasteiger partial charge in [0.1, 0.15) is 5.75 Å². The summed E-state index contributed by atoms with van der Waals surface area (Å²) >= 11 is 1.36. The van der Waals surface area contributed by atoms with E-state index in [9.17, 15) is 22.8 Å². The van der Waals surface area contributed by atoms with Gasteiger partial charge in [-0.05, 0) is 48.0 Å². The Morgan fingerprint density at radius 3 is 2.47 bits per heavy atom. The van der Waals surface area contributed by atoms with Crippen molar-refractivity contribution in [1.82, 2.24) is 4.90 Å². The third kappa shape index (κ3) is 4.05. The third-order valence-electron chi connectivity index (χ3n) is 6.29. The number of urea groups is 1. The molecule has 3 aromatic rings. The second-order valence-corrected chi connectivity index (χ2v) is 9.70. The molecule has 10 heteroatoms. The summed E-state index contributed by atoms with van der Waals surface area (Å²) < 4.78 is 44.4. The van der Waals surface area contributed by atoms with E-state index in [0.29, 0.717) is 40.5 Å². The lowest BCUT2D eigenvalue weighted by Crippen LogP contribution is -2.51. The normalized spacial score (nSPS) is 19.1. The van der Waals surface area contributed by atoms with Gasteiger partial charge < -0.3 is 15.0 Å². The Balaban J connectivity index is 1.51. The molecule has 1 saturated heterocycles. The molecule has 2 heterocycles. The predicted molar refractivity (Wildman–Crippen MR) is 132 cm³/mol. The summed E-state index contributed by atoms with van der Waals surface area (Å²) in [4.78, 5) is 29.2. The highest BCUT2D eigenvalue weighted by Gasteiger charge is 2.59. The fourth-order valence-electron chi connectivity index (χ4n) is 4.57.